The van der Waals surface area contributed by atoms with Crippen LogP contribution in [0.15, 0.2) is 18.2 Å². The van der Waals surface area contributed by atoms with Crippen LogP contribution in [0.5, 0.6) is 11.8 Å². The summed E-state index contributed by atoms with van der Waals surface area (Å²) in [6, 6.07) is 5.15. The van der Waals surface area contributed by atoms with Crippen LogP contribution in [0.25, 0.3) is 17.0 Å². The standard InChI is InChI=1S/C26H32ClF2N7O4/c1-2-3-13-39-19-6-4-5-18-21(19)30-23(22(28)29)36(18)25-31-24(35-11-14-38-15-12-35)32-26(33-25)40-17-7-9-34(10-8-17)20(37)16-27/h4-6,17,22H,2-3,7-16H2,1H3. The Morgan fingerprint density at radius 3 is 2.55 bits per heavy atom. The molecule has 2 aliphatic heterocycles. The van der Waals surface area contributed by atoms with Gasteiger partial charge in [-0.25, -0.2) is 13.8 Å². The molecule has 0 aliphatic carbocycles. The lowest BCUT2D eigenvalue weighted by atomic mass is 10.1. The van der Waals surface area contributed by atoms with Gasteiger partial charge in [-0.3, -0.25) is 9.36 Å². The summed E-state index contributed by atoms with van der Waals surface area (Å²) in [5.74, 6) is 0.00679. The van der Waals surface area contributed by atoms with E-state index in [2.05, 4.69) is 19.9 Å². The van der Waals surface area contributed by atoms with Gasteiger partial charge in [-0.15, -0.1) is 11.6 Å². The zero-order valence-electron chi connectivity index (χ0n) is 22.3. The van der Waals surface area contributed by atoms with Crippen molar-refractivity contribution < 1.29 is 27.8 Å². The third-order valence-corrected chi connectivity index (χ3v) is 7.12. The van der Waals surface area contributed by atoms with Gasteiger partial charge in [-0.1, -0.05) is 19.4 Å². The molecule has 0 radical (unpaired) electrons. The lowest BCUT2D eigenvalue weighted by Gasteiger charge is -2.31. The molecular weight excluding hydrogens is 548 g/mol. The lowest BCUT2D eigenvalue weighted by molar-refractivity contribution is -0.130. The molecule has 216 valence electrons. The van der Waals surface area contributed by atoms with Crippen molar-refractivity contribution >= 4 is 34.5 Å². The highest BCUT2D eigenvalue weighted by molar-refractivity contribution is 6.27. The predicted octanol–water partition coefficient (Wildman–Crippen LogP) is 3.77. The summed E-state index contributed by atoms with van der Waals surface area (Å²) < 4.78 is 47.4. The lowest BCUT2D eigenvalue weighted by Crippen LogP contribution is -2.42. The van der Waals surface area contributed by atoms with E-state index in [4.69, 9.17) is 25.8 Å². The Labute approximate surface area is 235 Å². The Kier molecular flexibility index (Phi) is 9.10. The number of imidazole rings is 1. The molecule has 0 bridgehead atoms. The number of fused-ring (bicyclic) bond motifs is 1. The molecule has 2 aromatic heterocycles. The minimum atomic E-state index is -2.90. The smallest absolute Gasteiger partial charge is 0.323 e. The number of alkyl halides is 3. The summed E-state index contributed by atoms with van der Waals surface area (Å²) in [7, 11) is 0. The topological polar surface area (TPSA) is 108 Å². The molecule has 0 atom stereocenters. The van der Waals surface area contributed by atoms with Gasteiger partial charge in [0.05, 0.1) is 25.3 Å². The number of hydrogen-bond acceptors (Lipinski definition) is 9. The number of nitrogens with zero attached hydrogens (tertiary/aromatic N) is 7. The Hall–Kier alpha value is -3.32. The number of anilines is 1. The molecule has 0 saturated carbocycles. The molecule has 0 N–H and O–H groups in total. The summed E-state index contributed by atoms with van der Waals surface area (Å²) in [6.45, 7) is 5.51. The second-order valence-corrected chi connectivity index (χ2v) is 9.85. The number of aromatic nitrogens is 5. The normalized spacial score (nSPS) is 16.6. The SMILES string of the molecule is CCCCOc1cccc2c1nc(C(F)F)n2-c1nc(OC2CCN(C(=O)CCl)CC2)nc(N2CCOCC2)n1. The zero-order chi connectivity index (χ0) is 28.1. The first-order valence-corrected chi connectivity index (χ1v) is 14.0. The van der Waals surface area contributed by atoms with Gasteiger partial charge in [-0.05, 0) is 18.6 Å². The molecule has 1 amide bonds. The molecule has 0 spiro atoms. The number of amides is 1. The first kappa shape index (κ1) is 28.2. The van der Waals surface area contributed by atoms with Crippen molar-refractivity contribution in [2.45, 2.75) is 45.1 Å². The maximum atomic E-state index is 14.4. The Morgan fingerprint density at radius 2 is 1.85 bits per heavy atom. The number of unbranched alkanes of at least 4 members (excludes halogenated alkanes) is 1. The van der Waals surface area contributed by atoms with Crippen LogP contribution < -0.4 is 14.4 Å². The summed E-state index contributed by atoms with van der Waals surface area (Å²) in [5, 5.41) is 0. The van der Waals surface area contributed by atoms with E-state index in [1.54, 1.807) is 23.1 Å². The fourth-order valence-corrected chi connectivity index (χ4v) is 4.91. The van der Waals surface area contributed by atoms with E-state index < -0.39 is 12.2 Å². The van der Waals surface area contributed by atoms with Crippen molar-refractivity contribution in [2.75, 3.05) is 56.8 Å². The van der Waals surface area contributed by atoms with Crippen LogP contribution in [0.2, 0.25) is 0 Å². The molecule has 1 aromatic carbocycles. The van der Waals surface area contributed by atoms with E-state index in [0.29, 0.717) is 81.6 Å². The number of hydrogen-bond donors (Lipinski definition) is 0. The van der Waals surface area contributed by atoms with Gasteiger partial charge in [0.2, 0.25) is 17.8 Å². The first-order valence-electron chi connectivity index (χ1n) is 13.5. The highest BCUT2D eigenvalue weighted by Crippen LogP contribution is 2.33. The van der Waals surface area contributed by atoms with Gasteiger partial charge in [0.25, 0.3) is 6.43 Å². The number of carbonyl (C=O) groups is 1. The van der Waals surface area contributed by atoms with E-state index in [0.717, 1.165) is 12.8 Å². The molecule has 3 aromatic rings. The molecular formula is C26H32ClF2N7O4. The van der Waals surface area contributed by atoms with E-state index in [9.17, 15) is 13.6 Å². The van der Waals surface area contributed by atoms with Crippen LogP contribution in [-0.2, 0) is 9.53 Å². The summed E-state index contributed by atoms with van der Waals surface area (Å²) in [6.07, 6.45) is -0.273. The van der Waals surface area contributed by atoms with E-state index in [-0.39, 0.29) is 29.8 Å². The van der Waals surface area contributed by atoms with Crippen molar-refractivity contribution in [1.82, 2.24) is 29.4 Å². The molecule has 0 unspecified atom stereocenters. The predicted molar refractivity (Wildman–Crippen MR) is 144 cm³/mol. The maximum absolute atomic E-state index is 14.4. The fourth-order valence-electron chi connectivity index (χ4n) is 4.74. The number of morpholine rings is 1. The van der Waals surface area contributed by atoms with Crippen LogP contribution in [0.4, 0.5) is 14.7 Å². The van der Waals surface area contributed by atoms with E-state index in [1.165, 1.54) is 4.57 Å². The highest BCUT2D eigenvalue weighted by Gasteiger charge is 2.28. The number of benzene rings is 1. The molecule has 2 saturated heterocycles. The second kappa shape index (κ2) is 12.9. The zero-order valence-corrected chi connectivity index (χ0v) is 23.0. The molecule has 4 heterocycles. The number of likely N-dealkylation sites (tertiary alicyclic amines) is 1. The minimum Gasteiger partial charge on any atom is -0.491 e. The number of para-hydroxylation sites is 1. The van der Waals surface area contributed by atoms with Crippen molar-refractivity contribution in [3.8, 4) is 17.7 Å². The minimum absolute atomic E-state index is 0.0195. The van der Waals surface area contributed by atoms with Gasteiger partial charge in [0, 0.05) is 39.0 Å². The van der Waals surface area contributed by atoms with Crippen LogP contribution in [0.3, 0.4) is 0 Å². The Morgan fingerprint density at radius 1 is 1.10 bits per heavy atom. The number of piperidine rings is 1. The number of rotatable bonds is 10. The maximum Gasteiger partial charge on any atom is 0.323 e. The Bertz CT molecular complexity index is 1310. The van der Waals surface area contributed by atoms with E-state index in [1.807, 2.05) is 11.8 Å². The van der Waals surface area contributed by atoms with Crippen LogP contribution in [0.1, 0.15) is 44.9 Å². The summed E-state index contributed by atoms with van der Waals surface area (Å²) >= 11 is 5.70. The monoisotopic (exact) mass is 579 g/mol. The molecule has 14 heteroatoms. The van der Waals surface area contributed by atoms with Gasteiger partial charge in [0.1, 0.15) is 23.3 Å². The highest BCUT2D eigenvalue weighted by atomic mass is 35.5. The molecule has 2 fully saturated rings. The third-order valence-electron chi connectivity index (χ3n) is 6.89. The first-order chi connectivity index (χ1) is 19.5. The van der Waals surface area contributed by atoms with Crippen molar-refractivity contribution in [3.63, 3.8) is 0 Å². The van der Waals surface area contributed by atoms with Gasteiger partial charge >= 0.3 is 6.01 Å². The summed E-state index contributed by atoms with van der Waals surface area (Å²) in [5.41, 5.74) is 0.698. The average molecular weight is 580 g/mol. The Balaban J connectivity index is 1.52. The largest absolute Gasteiger partial charge is 0.491 e. The van der Waals surface area contributed by atoms with Gasteiger partial charge in [-0.2, -0.15) is 15.0 Å². The van der Waals surface area contributed by atoms with Crippen molar-refractivity contribution in [1.29, 1.82) is 0 Å². The average Bonchev–Trinajstić information content (AvgIpc) is 3.39. The quantitative estimate of drug-likeness (QED) is 0.262. The van der Waals surface area contributed by atoms with Crippen LogP contribution in [0, 0.1) is 0 Å². The molecule has 40 heavy (non-hydrogen) atoms. The van der Waals surface area contributed by atoms with Gasteiger partial charge < -0.3 is 24.0 Å². The molecule has 11 nitrogen and oxygen atoms in total. The number of halogens is 3. The third kappa shape index (κ3) is 6.20. The molecule has 5 rings (SSSR count). The second-order valence-electron chi connectivity index (χ2n) is 9.58. The fraction of sp³-hybridized carbons (Fsp3) is 0.577. The van der Waals surface area contributed by atoms with Crippen LogP contribution >= 0.6 is 11.6 Å². The number of ether oxygens (including phenoxy) is 3. The van der Waals surface area contributed by atoms with Crippen LogP contribution in [-0.4, -0.2) is 93.3 Å². The summed E-state index contributed by atoms with van der Waals surface area (Å²) in [4.78, 5) is 33.4. The van der Waals surface area contributed by atoms with E-state index >= 15 is 0 Å². The van der Waals surface area contributed by atoms with Crippen molar-refractivity contribution in [3.05, 3.63) is 24.0 Å². The van der Waals surface area contributed by atoms with Crippen molar-refractivity contribution in [2.24, 2.45) is 0 Å². The van der Waals surface area contributed by atoms with Gasteiger partial charge in [0.15, 0.2) is 5.82 Å². The number of carbonyl (C=O) groups excluding carboxylic acids is 1. The molecule has 2 aliphatic rings.